The van der Waals surface area contributed by atoms with Crippen LogP contribution in [-0.2, 0) is 0 Å². The van der Waals surface area contributed by atoms with Crippen molar-refractivity contribution >= 4 is 0 Å². The molecule has 2 rings (SSSR count). The van der Waals surface area contributed by atoms with Gasteiger partial charge in [-0.25, -0.2) is 9.97 Å². The molecule has 0 bridgehead atoms. The van der Waals surface area contributed by atoms with Gasteiger partial charge in [-0.05, 0) is 12.1 Å². The molecule has 2 aromatic rings. The normalized spacial score (nSPS) is 9.67. The van der Waals surface area contributed by atoms with Gasteiger partial charge in [0.2, 0.25) is 0 Å². The summed E-state index contributed by atoms with van der Waals surface area (Å²) in [4.78, 5) is 12.1. The molecular formula is C9H6N3. The molecule has 0 saturated heterocycles. The van der Waals surface area contributed by atoms with Crippen molar-refractivity contribution in [2.24, 2.45) is 0 Å². The second kappa shape index (κ2) is 3.09. The first-order valence-electron chi connectivity index (χ1n) is 3.55. The van der Waals surface area contributed by atoms with E-state index in [-0.39, 0.29) is 0 Å². The fraction of sp³-hybridized carbons (Fsp3) is 0. The van der Waals surface area contributed by atoms with Crippen LogP contribution in [0.1, 0.15) is 0 Å². The number of pyridine rings is 1. The van der Waals surface area contributed by atoms with Gasteiger partial charge in [0, 0.05) is 36.4 Å². The molecule has 0 spiro atoms. The maximum Gasteiger partial charge on any atom is 0.160 e. The summed E-state index contributed by atoms with van der Waals surface area (Å²) < 4.78 is 0. The van der Waals surface area contributed by atoms with E-state index in [0.29, 0.717) is 5.82 Å². The summed E-state index contributed by atoms with van der Waals surface area (Å²) in [6.07, 6.45) is 6.64. The topological polar surface area (TPSA) is 38.7 Å². The fourth-order valence-electron chi connectivity index (χ4n) is 0.908. The minimum Gasteiger partial charge on any atom is -0.264 e. The van der Waals surface area contributed by atoms with Crippen LogP contribution in [0.4, 0.5) is 0 Å². The Labute approximate surface area is 70.1 Å². The van der Waals surface area contributed by atoms with Crippen molar-refractivity contribution < 1.29 is 0 Å². The van der Waals surface area contributed by atoms with Gasteiger partial charge in [0.05, 0.1) is 0 Å². The molecule has 0 fully saturated rings. The van der Waals surface area contributed by atoms with Crippen LogP contribution >= 0.6 is 0 Å². The van der Waals surface area contributed by atoms with Gasteiger partial charge in [0.25, 0.3) is 0 Å². The quantitative estimate of drug-likeness (QED) is 0.625. The minimum absolute atomic E-state index is 0.682. The van der Waals surface area contributed by atoms with Crippen LogP contribution in [-0.4, -0.2) is 15.0 Å². The Bertz CT molecular complexity index is 307. The van der Waals surface area contributed by atoms with Gasteiger partial charge in [-0.3, -0.25) is 4.98 Å². The third-order valence-electron chi connectivity index (χ3n) is 1.44. The van der Waals surface area contributed by atoms with Crippen LogP contribution in [0.15, 0.2) is 36.9 Å². The zero-order chi connectivity index (χ0) is 8.23. The van der Waals surface area contributed by atoms with Crippen LogP contribution in [0.3, 0.4) is 0 Å². The number of hydrogen-bond donors (Lipinski definition) is 0. The monoisotopic (exact) mass is 156 g/mol. The van der Waals surface area contributed by atoms with Gasteiger partial charge in [-0.1, -0.05) is 0 Å². The third kappa shape index (κ3) is 1.29. The van der Waals surface area contributed by atoms with Crippen molar-refractivity contribution in [3.05, 3.63) is 43.0 Å². The molecular weight excluding hydrogens is 150 g/mol. The maximum absolute atomic E-state index is 4.04. The lowest BCUT2D eigenvalue weighted by molar-refractivity contribution is 1.16. The Hall–Kier alpha value is -1.77. The highest BCUT2D eigenvalue weighted by molar-refractivity contribution is 5.51. The van der Waals surface area contributed by atoms with Gasteiger partial charge in [-0.2, -0.15) is 0 Å². The van der Waals surface area contributed by atoms with Crippen LogP contribution in [0.25, 0.3) is 11.4 Å². The fourth-order valence-corrected chi connectivity index (χ4v) is 0.908. The van der Waals surface area contributed by atoms with E-state index in [2.05, 4.69) is 21.0 Å². The van der Waals surface area contributed by atoms with E-state index in [9.17, 15) is 0 Å². The molecule has 2 aromatic heterocycles. The second-order valence-electron chi connectivity index (χ2n) is 2.25. The number of hydrogen-bond acceptors (Lipinski definition) is 3. The van der Waals surface area contributed by atoms with Gasteiger partial charge in [-0.15, -0.1) is 0 Å². The molecule has 3 heteroatoms. The maximum atomic E-state index is 4.04. The molecule has 0 saturated carbocycles. The van der Waals surface area contributed by atoms with Crippen molar-refractivity contribution in [2.75, 3.05) is 0 Å². The highest BCUT2D eigenvalue weighted by atomic mass is 14.9. The number of rotatable bonds is 1. The molecule has 3 nitrogen and oxygen atoms in total. The van der Waals surface area contributed by atoms with Crippen molar-refractivity contribution in [3.8, 4) is 11.4 Å². The largest absolute Gasteiger partial charge is 0.264 e. The summed E-state index contributed by atoms with van der Waals surface area (Å²) in [6, 6.07) is 6.54. The van der Waals surface area contributed by atoms with Crippen molar-refractivity contribution in [1.82, 2.24) is 15.0 Å². The van der Waals surface area contributed by atoms with Crippen LogP contribution < -0.4 is 0 Å². The first kappa shape index (κ1) is 6.91. The molecule has 57 valence electrons. The molecule has 1 radical (unpaired) electrons. The Kier molecular flexibility index (Phi) is 1.78. The molecule has 0 N–H and O–H groups in total. The van der Waals surface area contributed by atoms with Crippen LogP contribution in [0, 0.1) is 6.07 Å². The molecule has 0 amide bonds. The zero-order valence-corrected chi connectivity index (χ0v) is 6.31. The van der Waals surface area contributed by atoms with Crippen molar-refractivity contribution in [1.29, 1.82) is 0 Å². The minimum atomic E-state index is 0.682. The molecule has 0 aliphatic rings. The van der Waals surface area contributed by atoms with Gasteiger partial charge in [0.1, 0.15) is 0 Å². The van der Waals surface area contributed by atoms with E-state index in [4.69, 9.17) is 0 Å². The summed E-state index contributed by atoms with van der Waals surface area (Å²) >= 11 is 0. The van der Waals surface area contributed by atoms with E-state index in [1.54, 1.807) is 24.8 Å². The Morgan fingerprint density at radius 1 is 1.17 bits per heavy atom. The summed E-state index contributed by atoms with van der Waals surface area (Å²) in [5.74, 6) is 0.682. The number of nitrogens with zero attached hydrogens (tertiary/aromatic N) is 3. The van der Waals surface area contributed by atoms with E-state index >= 15 is 0 Å². The van der Waals surface area contributed by atoms with E-state index in [1.807, 2.05) is 12.1 Å². The zero-order valence-electron chi connectivity index (χ0n) is 6.31. The summed E-state index contributed by atoms with van der Waals surface area (Å²) in [7, 11) is 0. The molecule has 2 heterocycles. The van der Waals surface area contributed by atoms with Crippen LogP contribution in [0.2, 0.25) is 0 Å². The Morgan fingerprint density at radius 3 is 2.67 bits per heavy atom. The summed E-state index contributed by atoms with van der Waals surface area (Å²) in [6.45, 7) is 0. The molecule has 0 unspecified atom stereocenters. The molecule has 0 aliphatic carbocycles. The molecule has 0 aromatic carbocycles. The van der Waals surface area contributed by atoms with Crippen molar-refractivity contribution in [3.63, 3.8) is 0 Å². The highest BCUT2D eigenvalue weighted by Crippen LogP contribution is 2.09. The van der Waals surface area contributed by atoms with Gasteiger partial charge in [0.15, 0.2) is 5.82 Å². The molecule has 0 atom stereocenters. The second-order valence-corrected chi connectivity index (χ2v) is 2.25. The Balaban J connectivity index is 2.46. The first-order chi connectivity index (χ1) is 5.97. The Morgan fingerprint density at radius 2 is 2.00 bits per heavy atom. The lowest BCUT2D eigenvalue weighted by atomic mass is 10.3. The molecule has 0 aliphatic heterocycles. The van der Waals surface area contributed by atoms with Gasteiger partial charge < -0.3 is 0 Å². The first-order valence-corrected chi connectivity index (χ1v) is 3.55. The van der Waals surface area contributed by atoms with E-state index in [1.165, 1.54) is 0 Å². The average Bonchev–Trinajstić information content (AvgIpc) is 2.21. The smallest absolute Gasteiger partial charge is 0.160 e. The third-order valence-corrected chi connectivity index (χ3v) is 1.44. The SMILES string of the molecule is [c]1cnc(-c2cccnc2)nc1. The van der Waals surface area contributed by atoms with Crippen LogP contribution in [0.5, 0.6) is 0 Å². The number of aromatic nitrogens is 3. The lowest BCUT2D eigenvalue weighted by Crippen LogP contribution is -1.86. The standard InChI is InChI=1S/C9H6N3/c1-3-8(7-10-4-1)9-11-5-2-6-12-9/h1,3-7H. The summed E-state index contributed by atoms with van der Waals surface area (Å²) in [5, 5.41) is 0. The predicted octanol–water partition coefficient (Wildman–Crippen LogP) is 1.34. The van der Waals surface area contributed by atoms with Gasteiger partial charge >= 0.3 is 0 Å². The summed E-state index contributed by atoms with van der Waals surface area (Å²) in [5.41, 5.74) is 0.923. The lowest BCUT2D eigenvalue weighted by Gasteiger charge is -1.95. The molecule has 12 heavy (non-hydrogen) atoms. The van der Waals surface area contributed by atoms with E-state index < -0.39 is 0 Å². The predicted molar refractivity (Wildman–Crippen MR) is 44.1 cm³/mol. The van der Waals surface area contributed by atoms with Crippen molar-refractivity contribution in [2.45, 2.75) is 0 Å². The highest BCUT2D eigenvalue weighted by Gasteiger charge is 1.96. The van der Waals surface area contributed by atoms with E-state index in [0.717, 1.165) is 5.56 Å². The average molecular weight is 156 g/mol.